The molecule has 0 aliphatic carbocycles. The number of allylic oxidation sites excluding steroid dienone is 1. The van der Waals surface area contributed by atoms with Crippen molar-refractivity contribution >= 4 is 35.0 Å². The van der Waals surface area contributed by atoms with Crippen LogP contribution in [0.2, 0.25) is 10.0 Å². The number of aromatic nitrogens is 3. The molecule has 1 aliphatic heterocycles. The number of benzene rings is 2. The Morgan fingerprint density at radius 2 is 2.05 bits per heavy atom. The molecule has 0 amide bonds. The average molecular weight is 566 g/mol. The third kappa shape index (κ3) is 5.89. The van der Waals surface area contributed by atoms with E-state index in [9.17, 15) is 13.9 Å². The van der Waals surface area contributed by atoms with E-state index in [1.165, 1.54) is 18.3 Å². The fraction of sp³-hybridized carbons (Fsp3) is 0.346. The summed E-state index contributed by atoms with van der Waals surface area (Å²) in [5, 5.41) is 15.9. The van der Waals surface area contributed by atoms with Gasteiger partial charge in [0.25, 0.3) is 0 Å². The highest BCUT2D eigenvalue weighted by atomic mass is 35.5. The molecule has 202 valence electrons. The zero-order valence-electron chi connectivity index (χ0n) is 20.9. The second-order valence-corrected chi connectivity index (χ2v) is 9.74. The second-order valence-electron chi connectivity index (χ2n) is 8.90. The van der Waals surface area contributed by atoms with Crippen molar-refractivity contribution in [2.75, 3.05) is 13.2 Å². The Bertz CT molecular complexity index is 1380. The first-order chi connectivity index (χ1) is 18.1. The zero-order valence-corrected chi connectivity index (χ0v) is 22.4. The molecular weight excluding hydrogens is 539 g/mol. The van der Waals surface area contributed by atoms with E-state index < -0.39 is 23.8 Å². The Balaban J connectivity index is 1.63. The predicted octanol–water partition coefficient (Wildman–Crippen LogP) is 4.75. The number of halogens is 4. The van der Waals surface area contributed by atoms with Crippen molar-refractivity contribution in [2.24, 2.45) is 10.7 Å². The van der Waals surface area contributed by atoms with Gasteiger partial charge in [0.1, 0.15) is 24.1 Å². The van der Waals surface area contributed by atoms with E-state index >= 15 is 0 Å². The molecule has 3 unspecified atom stereocenters. The summed E-state index contributed by atoms with van der Waals surface area (Å²) < 4.78 is 41.6. The van der Waals surface area contributed by atoms with Gasteiger partial charge < -0.3 is 20.3 Å². The number of hydrogen-bond acceptors (Lipinski definition) is 7. The molecule has 4 atom stereocenters. The Hall–Kier alpha value is -2.89. The fourth-order valence-corrected chi connectivity index (χ4v) is 4.25. The van der Waals surface area contributed by atoms with E-state index in [1.54, 1.807) is 23.7 Å². The summed E-state index contributed by atoms with van der Waals surface area (Å²) >= 11 is 11.9. The van der Waals surface area contributed by atoms with Gasteiger partial charge in [0.2, 0.25) is 0 Å². The molecule has 0 bridgehead atoms. The lowest BCUT2D eigenvalue weighted by atomic mass is 10.1. The minimum absolute atomic E-state index is 0.109. The summed E-state index contributed by atoms with van der Waals surface area (Å²) in [7, 11) is 0. The number of aliphatic hydroxyl groups is 1. The van der Waals surface area contributed by atoms with Crippen LogP contribution in [0.1, 0.15) is 35.8 Å². The van der Waals surface area contributed by atoms with Crippen molar-refractivity contribution in [1.29, 1.82) is 0 Å². The average Bonchev–Trinajstić information content (AvgIpc) is 3.27. The molecule has 2 aromatic carbocycles. The van der Waals surface area contributed by atoms with Gasteiger partial charge >= 0.3 is 0 Å². The van der Waals surface area contributed by atoms with Crippen LogP contribution >= 0.6 is 23.2 Å². The molecule has 8 nitrogen and oxygen atoms in total. The lowest BCUT2D eigenvalue weighted by Crippen LogP contribution is -2.47. The molecule has 1 saturated heterocycles. The summed E-state index contributed by atoms with van der Waals surface area (Å²) in [5.74, 6) is -1.51. The molecular formula is C26H27Cl2F2N5O3. The summed E-state index contributed by atoms with van der Waals surface area (Å²) in [6.45, 7) is 5.70. The summed E-state index contributed by atoms with van der Waals surface area (Å²) in [6, 6.07) is 7.90. The van der Waals surface area contributed by atoms with Gasteiger partial charge in [-0.15, -0.1) is 0 Å². The molecule has 12 heteroatoms. The third-order valence-electron chi connectivity index (χ3n) is 6.16. The number of hydrogen-bond donors (Lipinski definition) is 2. The highest BCUT2D eigenvalue weighted by Crippen LogP contribution is 2.31. The fourth-order valence-electron chi connectivity index (χ4n) is 3.94. The number of aliphatic hydroxyl groups excluding tert-OH is 1. The Morgan fingerprint density at radius 3 is 2.71 bits per heavy atom. The molecule has 1 aromatic heterocycles. The first-order valence-electron chi connectivity index (χ1n) is 11.8. The molecule has 0 saturated carbocycles. The molecule has 2 heterocycles. The molecule has 38 heavy (non-hydrogen) atoms. The highest BCUT2D eigenvalue weighted by molar-refractivity contribution is 6.31. The Morgan fingerprint density at radius 1 is 1.29 bits per heavy atom. The van der Waals surface area contributed by atoms with Crippen molar-refractivity contribution in [1.82, 2.24) is 14.8 Å². The smallest absolute Gasteiger partial charge is 0.178 e. The van der Waals surface area contributed by atoms with Gasteiger partial charge in [-0.25, -0.2) is 18.4 Å². The van der Waals surface area contributed by atoms with E-state index in [0.29, 0.717) is 29.0 Å². The van der Waals surface area contributed by atoms with Gasteiger partial charge in [-0.05, 0) is 50.6 Å². The minimum atomic E-state index is -1.19. The predicted molar refractivity (Wildman–Crippen MR) is 142 cm³/mol. The Kier molecular flexibility index (Phi) is 8.79. The maximum atomic E-state index is 14.4. The first kappa shape index (κ1) is 28.1. The standard InChI is InChI=1S/C26H27Cl2F2N5O3/c1-13-4-5-17(27)8-20(13)35-26(33-15(3)34-35)25(38-22-12-37-14(22)2)21(36)11-32-10-16(9-31)18-6-7-19(28)24(30)23(18)29/h4-10,14,21-22,25,36H,11-12,31H2,1-3H3/b16-9+,32-10?/t14?,21-,22?,25?/m0/s1. The van der Waals surface area contributed by atoms with Crippen molar-refractivity contribution in [3.63, 3.8) is 0 Å². The van der Waals surface area contributed by atoms with Crippen LogP contribution < -0.4 is 5.73 Å². The van der Waals surface area contributed by atoms with Gasteiger partial charge in [0.05, 0.1) is 30.0 Å². The van der Waals surface area contributed by atoms with Crippen LogP contribution in [0, 0.1) is 25.5 Å². The number of rotatable bonds is 9. The van der Waals surface area contributed by atoms with Gasteiger partial charge in [-0.2, -0.15) is 5.10 Å². The van der Waals surface area contributed by atoms with Crippen LogP contribution in [-0.4, -0.2) is 57.5 Å². The van der Waals surface area contributed by atoms with Crippen molar-refractivity contribution < 1.29 is 23.4 Å². The van der Waals surface area contributed by atoms with Crippen LogP contribution in [0.3, 0.4) is 0 Å². The van der Waals surface area contributed by atoms with Gasteiger partial charge in [0.15, 0.2) is 17.5 Å². The van der Waals surface area contributed by atoms with Crippen molar-refractivity contribution in [3.8, 4) is 5.69 Å². The molecule has 1 aliphatic rings. The largest absolute Gasteiger partial charge is 0.404 e. The molecule has 3 aromatic rings. The van der Waals surface area contributed by atoms with E-state index in [1.807, 2.05) is 19.9 Å². The first-order valence-corrected chi connectivity index (χ1v) is 12.6. The van der Waals surface area contributed by atoms with Crippen LogP contribution in [0.25, 0.3) is 11.3 Å². The van der Waals surface area contributed by atoms with E-state index in [-0.39, 0.29) is 34.9 Å². The number of nitrogens with two attached hydrogens (primary N) is 1. The highest BCUT2D eigenvalue weighted by Gasteiger charge is 2.37. The lowest BCUT2D eigenvalue weighted by molar-refractivity contribution is -0.216. The molecule has 1 fully saturated rings. The lowest BCUT2D eigenvalue weighted by Gasteiger charge is -2.37. The number of aryl methyl sites for hydroxylation is 2. The van der Waals surface area contributed by atoms with Crippen molar-refractivity contribution in [3.05, 3.63) is 81.0 Å². The van der Waals surface area contributed by atoms with E-state index in [0.717, 1.165) is 11.8 Å². The van der Waals surface area contributed by atoms with Crippen LogP contribution in [-0.2, 0) is 9.47 Å². The third-order valence-corrected chi connectivity index (χ3v) is 6.69. The van der Waals surface area contributed by atoms with Crippen LogP contribution in [0.15, 0.2) is 41.5 Å². The minimum Gasteiger partial charge on any atom is -0.404 e. The topological polar surface area (TPSA) is 108 Å². The van der Waals surface area contributed by atoms with Crippen molar-refractivity contribution in [2.45, 2.75) is 45.2 Å². The van der Waals surface area contributed by atoms with Gasteiger partial charge in [0, 0.05) is 28.6 Å². The maximum absolute atomic E-state index is 14.4. The number of aliphatic imine (C=N–C) groups is 1. The van der Waals surface area contributed by atoms with Gasteiger partial charge in [-0.3, -0.25) is 4.99 Å². The zero-order chi connectivity index (χ0) is 27.6. The number of ether oxygens (including phenoxy) is 2. The summed E-state index contributed by atoms with van der Waals surface area (Å²) in [6.07, 6.45) is -0.253. The monoisotopic (exact) mass is 565 g/mol. The van der Waals surface area contributed by atoms with Crippen LogP contribution in [0.5, 0.6) is 0 Å². The molecule has 0 spiro atoms. The maximum Gasteiger partial charge on any atom is 0.178 e. The summed E-state index contributed by atoms with van der Waals surface area (Å²) in [4.78, 5) is 8.78. The Labute approximate surface area is 228 Å². The number of nitrogens with zero attached hydrogens (tertiary/aromatic N) is 4. The van der Waals surface area contributed by atoms with Crippen LogP contribution in [0.4, 0.5) is 8.78 Å². The van der Waals surface area contributed by atoms with Gasteiger partial charge in [-0.1, -0.05) is 29.3 Å². The quantitative estimate of drug-likeness (QED) is 0.286. The van der Waals surface area contributed by atoms with E-state index in [4.69, 9.17) is 38.4 Å². The molecule has 3 N–H and O–H groups in total. The van der Waals surface area contributed by atoms with E-state index in [2.05, 4.69) is 15.1 Å². The SMILES string of the molecule is Cc1nc(C(OC2COC2C)[C@@H](O)CN=C/C(=C\N)c2ccc(Cl)c(F)c2F)n(-c2cc(Cl)ccc2C)n1. The second kappa shape index (κ2) is 11.9. The molecule has 4 rings (SSSR count). The summed E-state index contributed by atoms with van der Waals surface area (Å²) in [5.41, 5.74) is 7.21. The normalized spacial score (nSPS) is 19.5. The molecule has 0 radical (unpaired) electrons.